The Hall–Kier alpha value is -3.92. The smallest absolute Gasteiger partial charge is 0.170 e. The van der Waals surface area contributed by atoms with E-state index in [9.17, 15) is 14.0 Å². The number of rotatable bonds is 8. The normalized spacial score (nSPS) is 11.8. The van der Waals surface area contributed by atoms with Crippen LogP contribution in [0.4, 0.5) is 10.1 Å². The number of likely N-dealkylation sites (N-methyl/N-ethyl adjacent to an activating group) is 2. The zero-order valence-electron chi connectivity index (χ0n) is 23.1. The van der Waals surface area contributed by atoms with E-state index in [0.717, 1.165) is 36.2 Å². The first-order chi connectivity index (χ1) is 17.9. The van der Waals surface area contributed by atoms with Crippen LogP contribution in [-0.4, -0.2) is 75.0 Å². The number of nitrogens with one attached hydrogen (secondary N) is 1. The van der Waals surface area contributed by atoms with Gasteiger partial charge in [0.2, 0.25) is 0 Å². The molecule has 202 valence electrons. The van der Waals surface area contributed by atoms with Gasteiger partial charge in [-0.15, -0.1) is 0 Å². The van der Waals surface area contributed by atoms with Gasteiger partial charge in [-0.25, -0.2) is 13.9 Å². The minimum absolute atomic E-state index is 0.162. The molecule has 9 nitrogen and oxygen atoms in total. The van der Waals surface area contributed by atoms with Gasteiger partial charge in [-0.1, -0.05) is 20.8 Å². The van der Waals surface area contributed by atoms with E-state index < -0.39 is 5.54 Å². The van der Waals surface area contributed by atoms with Crippen LogP contribution in [0.5, 0.6) is 0 Å². The molecule has 0 aliphatic carbocycles. The van der Waals surface area contributed by atoms with Crippen LogP contribution in [0.15, 0.2) is 48.9 Å². The van der Waals surface area contributed by atoms with Gasteiger partial charge < -0.3 is 9.69 Å². The number of imidazole rings is 1. The average molecular weight is 522 g/mol. The third kappa shape index (κ3) is 6.89. The lowest BCUT2D eigenvalue weighted by molar-refractivity contribution is -0.116. The van der Waals surface area contributed by atoms with Crippen molar-refractivity contribution in [2.75, 3.05) is 32.1 Å². The molecular weight excluding hydrogens is 485 g/mol. The van der Waals surface area contributed by atoms with E-state index >= 15 is 0 Å². The van der Waals surface area contributed by atoms with E-state index in [0.29, 0.717) is 23.3 Å². The lowest BCUT2D eigenvalue weighted by atomic mass is 9.87. The fourth-order valence-electron chi connectivity index (χ4n) is 3.63. The van der Waals surface area contributed by atoms with Crippen LogP contribution in [0.2, 0.25) is 0 Å². The molecule has 0 amide bonds. The molecule has 1 aromatic carbocycles. The van der Waals surface area contributed by atoms with E-state index in [2.05, 4.69) is 46.0 Å². The van der Waals surface area contributed by atoms with Crippen molar-refractivity contribution in [3.8, 4) is 11.3 Å². The summed E-state index contributed by atoms with van der Waals surface area (Å²) in [6.45, 7) is 11.7. The Morgan fingerprint density at radius 2 is 1.74 bits per heavy atom. The van der Waals surface area contributed by atoms with E-state index in [1.54, 1.807) is 29.0 Å². The number of carbonyl (C=O) groups excluding carboxylic acids is 2. The Kier molecular flexibility index (Phi) is 8.78. The van der Waals surface area contributed by atoms with Crippen LogP contribution in [0.1, 0.15) is 50.7 Å². The molecule has 0 unspecified atom stereocenters. The van der Waals surface area contributed by atoms with Gasteiger partial charge in [0.15, 0.2) is 11.9 Å². The first-order valence-electron chi connectivity index (χ1n) is 12.3. The van der Waals surface area contributed by atoms with Gasteiger partial charge in [0.05, 0.1) is 29.3 Å². The molecule has 1 N–H and O–H groups in total. The molecule has 0 radical (unpaired) electrons. The second kappa shape index (κ2) is 11.6. The number of aromatic nitrogens is 5. The van der Waals surface area contributed by atoms with Crippen LogP contribution >= 0.6 is 0 Å². The van der Waals surface area contributed by atoms with Crippen molar-refractivity contribution in [1.29, 1.82) is 0 Å². The predicted molar refractivity (Wildman–Crippen MR) is 147 cm³/mol. The van der Waals surface area contributed by atoms with Crippen LogP contribution < -0.4 is 4.90 Å². The number of hydrogen-bond acceptors (Lipinski definition) is 7. The van der Waals surface area contributed by atoms with Gasteiger partial charge in [0.25, 0.3) is 0 Å². The summed E-state index contributed by atoms with van der Waals surface area (Å²) in [4.78, 5) is 30.3. The first-order valence-corrected chi connectivity index (χ1v) is 12.3. The number of nitrogens with zero attached hydrogens (tertiary/aromatic N) is 6. The van der Waals surface area contributed by atoms with Crippen molar-refractivity contribution in [3.05, 3.63) is 66.0 Å². The molecule has 0 saturated heterocycles. The molecule has 10 heteroatoms. The summed E-state index contributed by atoms with van der Waals surface area (Å²) < 4.78 is 14.7. The molecule has 4 rings (SSSR count). The molecule has 0 aliphatic heterocycles. The summed E-state index contributed by atoms with van der Waals surface area (Å²) in [5.74, 6) is -0.285. The Balaban J connectivity index is 0.000000223. The first kappa shape index (κ1) is 28.6. The fourth-order valence-corrected chi connectivity index (χ4v) is 3.63. The second-order valence-electron chi connectivity index (χ2n) is 10.8. The van der Waals surface area contributed by atoms with E-state index in [4.69, 9.17) is 0 Å². The third-order valence-electron chi connectivity index (χ3n) is 6.48. The van der Waals surface area contributed by atoms with Gasteiger partial charge in [0, 0.05) is 37.5 Å². The van der Waals surface area contributed by atoms with Gasteiger partial charge >= 0.3 is 0 Å². The summed E-state index contributed by atoms with van der Waals surface area (Å²) >= 11 is 0. The summed E-state index contributed by atoms with van der Waals surface area (Å²) in [5, 5.41) is 11.2. The maximum absolute atomic E-state index is 13.1. The zero-order chi connectivity index (χ0) is 28.1. The van der Waals surface area contributed by atoms with Crippen LogP contribution in [-0.2, 0) is 10.2 Å². The third-order valence-corrected chi connectivity index (χ3v) is 6.48. The number of aromatic amines is 1. The van der Waals surface area contributed by atoms with Crippen molar-refractivity contribution in [2.24, 2.45) is 0 Å². The quantitative estimate of drug-likeness (QED) is 0.343. The zero-order valence-corrected chi connectivity index (χ0v) is 23.1. The van der Waals surface area contributed by atoms with E-state index in [1.807, 2.05) is 45.1 Å². The van der Waals surface area contributed by atoms with E-state index in [1.165, 1.54) is 12.1 Å². The molecule has 3 aromatic heterocycles. The van der Waals surface area contributed by atoms with Gasteiger partial charge in [0.1, 0.15) is 17.8 Å². The summed E-state index contributed by atoms with van der Waals surface area (Å²) in [5.41, 5.74) is 4.01. The van der Waals surface area contributed by atoms with Gasteiger partial charge in [-0.05, 0) is 56.6 Å². The molecule has 38 heavy (non-hydrogen) atoms. The minimum atomic E-state index is -0.406. The van der Waals surface area contributed by atoms with Crippen molar-refractivity contribution in [1.82, 2.24) is 29.7 Å². The number of H-pyrrole nitrogens is 1. The maximum Gasteiger partial charge on any atom is 0.170 e. The molecule has 0 aliphatic rings. The fraction of sp³-hybridized carbons (Fsp3) is 0.393. The monoisotopic (exact) mass is 521 g/mol. The minimum Gasteiger partial charge on any atom is -0.371 e. The molecule has 0 bridgehead atoms. The van der Waals surface area contributed by atoms with Crippen molar-refractivity contribution >= 4 is 23.9 Å². The topological polar surface area (TPSA) is 99.5 Å². The standard InChI is InChI=1S/C17H16FN3O.C11H20N4O/c1-17(2,3)14-8-15(11-4-6-12(18)7-5-11)20-21-9-13(10-22)19-16(14)21;1-11(2,9-16)15(4)6-5-14(3)10-7-12-13-8-10/h4-10H,1-3H3;7-9H,5-6H2,1-4H3,(H,12,13). The molecule has 0 atom stereocenters. The lowest BCUT2D eigenvalue weighted by Gasteiger charge is -2.31. The average Bonchev–Trinajstić information content (AvgIpc) is 3.56. The number of fused-ring (bicyclic) bond motifs is 1. The van der Waals surface area contributed by atoms with Crippen molar-refractivity contribution < 1.29 is 14.0 Å². The Morgan fingerprint density at radius 3 is 2.29 bits per heavy atom. The highest BCUT2D eigenvalue weighted by molar-refractivity contribution is 5.74. The molecular formula is C28H36FN7O2. The van der Waals surface area contributed by atoms with Gasteiger partial charge in [-0.2, -0.15) is 10.2 Å². The SMILES string of the molecule is CC(C)(C)c1cc(-c2ccc(F)cc2)nn2cc(C=O)nc12.CN(CCN(C)C(C)(C)C=O)c1cn[nH]c1. The number of halogens is 1. The molecule has 3 heterocycles. The Labute approximate surface area is 222 Å². The number of aldehydes is 2. The highest BCUT2D eigenvalue weighted by Crippen LogP contribution is 2.29. The number of benzene rings is 1. The lowest BCUT2D eigenvalue weighted by Crippen LogP contribution is -2.45. The highest BCUT2D eigenvalue weighted by atomic mass is 19.1. The van der Waals surface area contributed by atoms with Crippen molar-refractivity contribution in [3.63, 3.8) is 0 Å². The highest BCUT2D eigenvalue weighted by Gasteiger charge is 2.23. The molecule has 0 fully saturated rings. The Bertz CT molecular complexity index is 1360. The van der Waals surface area contributed by atoms with Crippen LogP contribution in [0.25, 0.3) is 16.9 Å². The largest absolute Gasteiger partial charge is 0.371 e. The number of anilines is 1. The van der Waals surface area contributed by atoms with E-state index in [-0.39, 0.29) is 11.2 Å². The van der Waals surface area contributed by atoms with Crippen LogP contribution in [0.3, 0.4) is 0 Å². The maximum atomic E-state index is 13.1. The summed E-state index contributed by atoms with van der Waals surface area (Å²) in [6.07, 6.45) is 6.92. The molecule has 0 spiro atoms. The molecule has 4 aromatic rings. The summed E-state index contributed by atoms with van der Waals surface area (Å²) in [7, 11) is 3.96. The molecule has 0 saturated carbocycles. The predicted octanol–water partition coefficient (Wildman–Crippen LogP) is 4.40. The Morgan fingerprint density at radius 1 is 1.05 bits per heavy atom. The number of carbonyl (C=O) groups is 2. The van der Waals surface area contributed by atoms with Crippen molar-refractivity contribution in [2.45, 2.75) is 45.6 Å². The summed E-state index contributed by atoms with van der Waals surface area (Å²) in [6, 6.07) is 8.14. The number of hydrogen-bond donors (Lipinski definition) is 1. The van der Waals surface area contributed by atoms with Crippen LogP contribution in [0, 0.1) is 5.82 Å². The van der Waals surface area contributed by atoms with Gasteiger partial charge in [-0.3, -0.25) is 14.8 Å². The second-order valence-corrected chi connectivity index (χ2v) is 10.8.